The Morgan fingerprint density at radius 1 is 1.62 bits per heavy atom. The van der Waals surface area contributed by atoms with E-state index in [2.05, 4.69) is 0 Å². The maximum atomic E-state index is 12.0. The molecule has 1 fully saturated rings. The summed E-state index contributed by atoms with van der Waals surface area (Å²) in [7, 11) is 0. The predicted molar refractivity (Wildman–Crippen MR) is 60.9 cm³/mol. The van der Waals surface area contributed by atoms with Crippen LogP contribution >= 0.6 is 0 Å². The number of amides is 1. The van der Waals surface area contributed by atoms with Crippen LogP contribution in [-0.4, -0.2) is 53.9 Å². The number of nitrogens with zero attached hydrogens (tertiary/aromatic N) is 1. The van der Waals surface area contributed by atoms with Crippen molar-refractivity contribution < 1.29 is 14.6 Å². The molecule has 5 nitrogen and oxygen atoms in total. The van der Waals surface area contributed by atoms with Crippen LogP contribution in [-0.2, 0) is 9.53 Å². The van der Waals surface area contributed by atoms with Gasteiger partial charge in [0, 0.05) is 13.1 Å². The van der Waals surface area contributed by atoms with Crippen molar-refractivity contribution in [2.75, 3.05) is 19.7 Å². The maximum Gasteiger partial charge on any atom is 0.239 e. The first kappa shape index (κ1) is 13.4. The molecule has 1 rings (SSSR count). The molecule has 0 aromatic carbocycles. The van der Waals surface area contributed by atoms with Crippen molar-refractivity contribution in [3.8, 4) is 0 Å². The van der Waals surface area contributed by atoms with Crippen molar-refractivity contribution in [2.24, 2.45) is 5.73 Å². The number of ether oxygens (including phenoxy) is 1. The number of hydrogen-bond acceptors (Lipinski definition) is 4. The lowest BCUT2D eigenvalue weighted by molar-refractivity contribution is -0.148. The van der Waals surface area contributed by atoms with Gasteiger partial charge in [0.25, 0.3) is 0 Å². The summed E-state index contributed by atoms with van der Waals surface area (Å²) in [6.45, 7) is 4.85. The van der Waals surface area contributed by atoms with E-state index in [1.54, 1.807) is 4.90 Å². The summed E-state index contributed by atoms with van der Waals surface area (Å²) in [6.07, 6.45) is 1.29. The van der Waals surface area contributed by atoms with E-state index in [0.717, 1.165) is 6.42 Å². The van der Waals surface area contributed by atoms with E-state index < -0.39 is 6.04 Å². The lowest BCUT2D eigenvalue weighted by Crippen LogP contribution is -2.54. The molecular weight excluding hydrogens is 208 g/mol. The highest BCUT2D eigenvalue weighted by molar-refractivity contribution is 5.81. The van der Waals surface area contributed by atoms with Crippen LogP contribution in [0.15, 0.2) is 0 Å². The summed E-state index contributed by atoms with van der Waals surface area (Å²) >= 11 is 0. The van der Waals surface area contributed by atoms with Crippen molar-refractivity contribution >= 4 is 5.91 Å². The SMILES string of the molecule is CCCC(N)C(=O)N1CC(C)OC(CO)C1. The molecule has 1 amide bonds. The number of hydrogen-bond donors (Lipinski definition) is 2. The van der Waals surface area contributed by atoms with Crippen LogP contribution in [0.25, 0.3) is 0 Å². The van der Waals surface area contributed by atoms with Gasteiger partial charge in [-0.2, -0.15) is 0 Å². The Morgan fingerprint density at radius 2 is 2.31 bits per heavy atom. The van der Waals surface area contributed by atoms with Gasteiger partial charge in [-0.25, -0.2) is 0 Å². The molecule has 0 aromatic rings. The van der Waals surface area contributed by atoms with E-state index >= 15 is 0 Å². The van der Waals surface area contributed by atoms with Crippen molar-refractivity contribution in [2.45, 2.75) is 44.9 Å². The zero-order valence-electron chi connectivity index (χ0n) is 10.1. The second-order valence-electron chi connectivity index (χ2n) is 4.39. The highest BCUT2D eigenvalue weighted by atomic mass is 16.5. The van der Waals surface area contributed by atoms with Crippen LogP contribution in [0.2, 0.25) is 0 Å². The molecular formula is C11H22N2O3. The summed E-state index contributed by atoms with van der Waals surface area (Å²) in [5, 5.41) is 9.06. The minimum Gasteiger partial charge on any atom is -0.394 e. The molecule has 0 aliphatic carbocycles. The first-order valence-electron chi connectivity index (χ1n) is 5.89. The molecule has 1 aliphatic rings. The molecule has 0 spiro atoms. The highest BCUT2D eigenvalue weighted by Crippen LogP contribution is 2.12. The van der Waals surface area contributed by atoms with Gasteiger partial charge in [-0.1, -0.05) is 13.3 Å². The third-order valence-corrected chi connectivity index (χ3v) is 2.76. The van der Waals surface area contributed by atoms with E-state index in [1.165, 1.54) is 0 Å². The zero-order valence-corrected chi connectivity index (χ0v) is 10.1. The van der Waals surface area contributed by atoms with Crippen LogP contribution in [0.5, 0.6) is 0 Å². The summed E-state index contributed by atoms with van der Waals surface area (Å²) in [5.74, 6) is -0.0320. The number of carbonyl (C=O) groups is 1. The molecule has 1 heterocycles. The van der Waals surface area contributed by atoms with E-state index in [-0.39, 0.29) is 24.7 Å². The Bertz CT molecular complexity index is 235. The summed E-state index contributed by atoms with van der Waals surface area (Å²) in [4.78, 5) is 13.7. The monoisotopic (exact) mass is 230 g/mol. The molecule has 5 heteroatoms. The fourth-order valence-corrected chi connectivity index (χ4v) is 2.00. The Balaban J connectivity index is 2.54. The fourth-order valence-electron chi connectivity index (χ4n) is 2.00. The molecule has 1 aliphatic heterocycles. The van der Waals surface area contributed by atoms with E-state index in [0.29, 0.717) is 19.5 Å². The van der Waals surface area contributed by atoms with Crippen LogP contribution in [0, 0.1) is 0 Å². The largest absolute Gasteiger partial charge is 0.394 e. The molecule has 0 saturated carbocycles. The Kier molecular flexibility index (Phi) is 5.18. The minimum absolute atomic E-state index is 0.0320. The highest BCUT2D eigenvalue weighted by Gasteiger charge is 2.30. The summed E-state index contributed by atoms with van der Waals surface area (Å²) in [5.41, 5.74) is 5.80. The van der Waals surface area contributed by atoms with Gasteiger partial charge in [-0.3, -0.25) is 4.79 Å². The molecule has 0 radical (unpaired) electrons. The van der Waals surface area contributed by atoms with E-state index in [9.17, 15) is 4.79 Å². The van der Waals surface area contributed by atoms with Gasteiger partial charge in [0.05, 0.1) is 24.9 Å². The third-order valence-electron chi connectivity index (χ3n) is 2.76. The molecule has 94 valence electrons. The normalized spacial score (nSPS) is 27.9. The van der Waals surface area contributed by atoms with E-state index in [4.69, 9.17) is 15.6 Å². The van der Waals surface area contributed by atoms with Crippen molar-refractivity contribution in [3.05, 3.63) is 0 Å². The smallest absolute Gasteiger partial charge is 0.239 e. The van der Waals surface area contributed by atoms with Crippen LogP contribution in [0.3, 0.4) is 0 Å². The van der Waals surface area contributed by atoms with Crippen LogP contribution in [0.1, 0.15) is 26.7 Å². The topological polar surface area (TPSA) is 75.8 Å². The second kappa shape index (κ2) is 6.18. The number of aliphatic hydroxyl groups is 1. The van der Waals surface area contributed by atoms with Crippen LogP contribution in [0.4, 0.5) is 0 Å². The summed E-state index contributed by atoms with van der Waals surface area (Å²) < 4.78 is 5.47. The number of morpholine rings is 1. The lowest BCUT2D eigenvalue weighted by Gasteiger charge is -2.37. The maximum absolute atomic E-state index is 12.0. The Labute approximate surface area is 96.6 Å². The van der Waals surface area contributed by atoms with Crippen molar-refractivity contribution in [1.82, 2.24) is 4.90 Å². The number of carbonyl (C=O) groups excluding carboxylic acids is 1. The summed E-state index contributed by atoms with van der Waals surface area (Å²) in [6, 6.07) is -0.422. The molecule has 3 unspecified atom stereocenters. The molecule has 1 saturated heterocycles. The van der Waals surface area contributed by atoms with Crippen LogP contribution < -0.4 is 5.73 Å². The van der Waals surface area contributed by atoms with Crippen molar-refractivity contribution in [3.63, 3.8) is 0 Å². The van der Waals surface area contributed by atoms with Gasteiger partial charge in [0.15, 0.2) is 0 Å². The number of rotatable bonds is 4. The molecule has 3 atom stereocenters. The average Bonchev–Trinajstić information content (AvgIpc) is 2.27. The van der Waals surface area contributed by atoms with Gasteiger partial charge >= 0.3 is 0 Å². The third kappa shape index (κ3) is 3.43. The van der Waals surface area contributed by atoms with Gasteiger partial charge < -0.3 is 20.5 Å². The Morgan fingerprint density at radius 3 is 2.88 bits per heavy atom. The molecule has 0 aromatic heterocycles. The second-order valence-corrected chi connectivity index (χ2v) is 4.39. The molecule has 3 N–H and O–H groups in total. The van der Waals surface area contributed by atoms with Gasteiger partial charge in [-0.05, 0) is 13.3 Å². The van der Waals surface area contributed by atoms with Gasteiger partial charge in [0.1, 0.15) is 0 Å². The van der Waals surface area contributed by atoms with Gasteiger partial charge in [-0.15, -0.1) is 0 Å². The average molecular weight is 230 g/mol. The fraction of sp³-hybridized carbons (Fsp3) is 0.909. The standard InChI is InChI=1S/C11H22N2O3/c1-3-4-10(12)11(15)13-5-8(2)16-9(6-13)7-14/h8-10,14H,3-7,12H2,1-2H3. The van der Waals surface area contributed by atoms with E-state index in [1.807, 2.05) is 13.8 Å². The van der Waals surface area contributed by atoms with Crippen molar-refractivity contribution in [1.29, 1.82) is 0 Å². The molecule has 0 bridgehead atoms. The number of aliphatic hydroxyl groups excluding tert-OH is 1. The lowest BCUT2D eigenvalue weighted by atomic mass is 10.1. The quantitative estimate of drug-likeness (QED) is 0.696. The number of nitrogens with two attached hydrogens (primary N) is 1. The predicted octanol–water partition coefficient (Wildman–Crippen LogP) is -0.278. The minimum atomic E-state index is -0.422. The van der Waals surface area contributed by atoms with Gasteiger partial charge in [0.2, 0.25) is 5.91 Å². The Hall–Kier alpha value is -0.650. The first-order valence-corrected chi connectivity index (χ1v) is 5.89. The zero-order chi connectivity index (χ0) is 12.1. The first-order chi connectivity index (χ1) is 7.58. The molecule has 16 heavy (non-hydrogen) atoms.